The number of hydrogen-bond donors (Lipinski definition) is 2. The molecule has 0 bridgehead atoms. The first-order valence-electron chi connectivity index (χ1n) is 6.68. The smallest absolute Gasteiger partial charge is 0.223 e. The van der Waals surface area contributed by atoms with Gasteiger partial charge in [0.05, 0.1) is 18.1 Å². The molecular formula is C15H20BrNO2. The molecule has 104 valence electrons. The highest BCUT2D eigenvalue weighted by atomic mass is 79.9. The zero-order valence-electron chi connectivity index (χ0n) is 11.3. The summed E-state index contributed by atoms with van der Waals surface area (Å²) in [6.07, 6.45) is 1.55. The summed E-state index contributed by atoms with van der Waals surface area (Å²) in [5, 5.41) is 12.8. The summed E-state index contributed by atoms with van der Waals surface area (Å²) < 4.78 is 1.04. The van der Waals surface area contributed by atoms with Crippen molar-refractivity contribution in [2.45, 2.75) is 44.8 Å². The predicted octanol–water partition coefficient (Wildman–Crippen LogP) is 2.96. The summed E-state index contributed by atoms with van der Waals surface area (Å²) in [5.74, 6) is 0.0372. The Morgan fingerprint density at radius 2 is 1.95 bits per heavy atom. The van der Waals surface area contributed by atoms with Crippen LogP contribution in [0, 0.1) is 5.92 Å². The van der Waals surface area contributed by atoms with E-state index in [1.165, 1.54) is 0 Å². The highest BCUT2D eigenvalue weighted by Crippen LogP contribution is 2.45. The van der Waals surface area contributed by atoms with Crippen molar-refractivity contribution >= 4 is 21.8 Å². The lowest BCUT2D eigenvalue weighted by Gasteiger charge is -2.20. The maximum atomic E-state index is 12.0. The summed E-state index contributed by atoms with van der Waals surface area (Å²) in [6, 6.07) is 8.06. The molecule has 0 saturated heterocycles. The zero-order valence-corrected chi connectivity index (χ0v) is 12.9. The molecule has 3 nitrogen and oxygen atoms in total. The van der Waals surface area contributed by atoms with Crippen molar-refractivity contribution in [3.8, 4) is 0 Å². The number of halogens is 1. The Morgan fingerprint density at radius 3 is 2.42 bits per heavy atom. The number of hydrogen-bond acceptors (Lipinski definition) is 2. The van der Waals surface area contributed by atoms with E-state index in [0.717, 1.165) is 22.9 Å². The van der Waals surface area contributed by atoms with Crippen LogP contribution in [0.2, 0.25) is 0 Å². The van der Waals surface area contributed by atoms with Gasteiger partial charge < -0.3 is 10.4 Å². The van der Waals surface area contributed by atoms with E-state index in [2.05, 4.69) is 21.2 Å². The minimum Gasteiger partial charge on any atom is -0.392 e. The summed E-state index contributed by atoms with van der Waals surface area (Å²) in [7, 11) is 0. The van der Waals surface area contributed by atoms with Crippen molar-refractivity contribution in [3.05, 3.63) is 34.3 Å². The van der Waals surface area contributed by atoms with Gasteiger partial charge in [0, 0.05) is 4.47 Å². The van der Waals surface area contributed by atoms with E-state index < -0.39 is 6.10 Å². The molecule has 0 radical (unpaired) electrons. The molecule has 0 aliphatic heterocycles. The van der Waals surface area contributed by atoms with Crippen LogP contribution in [0.25, 0.3) is 0 Å². The molecule has 1 amide bonds. The molecule has 1 aromatic carbocycles. The third-order valence-corrected chi connectivity index (χ3v) is 4.22. The fraction of sp³-hybridized carbons (Fsp3) is 0.533. The second kappa shape index (κ2) is 5.63. The van der Waals surface area contributed by atoms with Crippen molar-refractivity contribution in [1.82, 2.24) is 5.32 Å². The normalized spacial score (nSPS) is 18.2. The van der Waals surface area contributed by atoms with E-state index in [1.807, 2.05) is 38.1 Å². The molecule has 1 saturated carbocycles. The molecule has 0 heterocycles. The predicted molar refractivity (Wildman–Crippen MR) is 78.7 cm³/mol. The highest BCUT2D eigenvalue weighted by molar-refractivity contribution is 9.10. The second-order valence-electron chi connectivity index (χ2n) is 5.65. The Labute approximate surface area is 122 Å². The van der Waals surface area contributed by atoms with Crippen LogP contribution in [0.1, 0.15) is 38.7 Å². The molecule has 0 spiro atoms. The lowest BCUT2D eigenvalue weighted by Crippen LogP contribution is -2.37. The van der Waals surface area contributed by atoms with Crippen molar-refractivity contribution in [3.63, 3.8) is 0 Å². The molecule has 1 aliphatic rings. The molecule has 19 heavy (non-hydrogen) atoms. The average Bonchev–Trinajstić information content (AvgIpc) is 3.10. The Bertz CT molecular complexity index is 452. The van der Waals surface area contributed by atoms with Crippen LogP contribution in [-0.4, -0.2) is 17.1 Å². The fourth-order valence-corrected chi connectivity index (χ4v) is 2.39. The van der Waals surface area contributed by atoms with Gasteiger partial charge >= 0.3 is 0 Å². The third kappa shape index (κ3) is 3.57. The van der Waals surface area contributed by atoms with E-state index >= 15 is 0 Å². The molecule has 1 unspecified atom stereocenters. The Hall–Kier alpha value is -0.870. The summed E-state index contributed by atoms with van der Waals surface area (Å²) in [6.45, 7) is 3.83. The fourth-order valence-electron chi connectivity index (χ4n) is 2.12. The van der Waals surface area contributed by atoms with Gasteiger partial charge in [-0.3, -0.25) is 4.79 Å². The van der Waals surface area contributed by atoms with E-state index in [1.54, 1.807) is 0 Å². The average molecular weight is 326 g/mol. The number of amides is 1. The van der Waals surface area contributed by atoms with E-state index in [-0.39, 0.29) is 23.8 Å². The van der Waals surface area contributed by atoms with Crippen LogP contribution in [-0.2, 0) is 10.3 Å². The minimum absolute atomic E-state index is 0.0679. The van der Waals surface area contributed by atoms with Crippen molar-refractivity contribution in [1.29, 1.82) is 0 Å². The molecule has 4 heteroatoms. The number of nitrogens with one attached hydrogen (secondary N) is 1. The lowest BCUT2D eigenvalue weighted by atomic mass is 10.0. The summed E-state index contributed by atoms with van der Waals surface area (Å²) >= 11 is 3.41. The first kappa shape index (κ1) is 14.5. The Kier molecular flexibility index (Phi) is 4.31. The number of carbonyl (C=O) groups excluding carboxylic acids is 1. The first-order valence-corrected chi connectivity index (χ1v) is 7.47. The van der Waals surface area contributed by atoms with Crippen LogP contribution < -0.4 is 5.32 Å². The molecule has 1 fully saturated rings. The summed E-state index contributed by atoms with van der Waals surface area (Å²) in [4.78, 5) is 12.0. The van der Waals surface area contributed by atoms with Crippen molar-refractivity contribution < 1.29 is 9.90 Å². The highest BCUT2D eigenvalue weighted by Gasteiger charge is 2.45. The van der Waals surface area contributed by atoms with Gasteiger partial charge in [0.25, 0.3) is 0 Å². The SMILES string of the molecule is CC(C)C(O)CC(=O)NC1(c2ccc(Br)cc2)CC1. The van der Waals surface area contributed by atoms with Crippen molar-refractivity contribution in [2.75, 3.05) is 0 Å². The molecule has 1 aliphatic carbocycles. The third-order valence-electron chi connectivity index (χ3n) is 3.69. The molecule has 2 N–H and O–H groups in total. The van der Waals surface area contributed by atoms with Crippen molar-refractivity contribution in [2.24, 2.45) is 5.92 Å². The van der Waals surface area contributed by atoms with Gasteiger partial charge in [0.1, 0.15) is 0 Å². The zero-order chi connectivity index (χ0) is 14.0. The quantitative estimate of drug-likeness (QED) is 0.874. The Morgan fingerprint density at radius 1 is 1.37 bits per heavy atom. The van der Waals surface area contributed by atoms with Gasteiger partial charge in [0.2, 0.25) is 5.91 Å². The lowest BCUT2D eigenvalue weighted by molar-refractivity contribution is -0.124. The molecular weight excluding hydrogens is 306 g/mol. The Balaban J connectivity index is 1.98. The van der Waals surface area contributed by atoms with Gasteiger partial charge in [0.15, 0.2) is 0 Å². The minimum atomic E-state index is -0.569. The maximum absolute atomic E-state index is 12.0. The number of rotatable bonds is 5. The molecule has 1 aromatic rings. The monoisotopic (exact) mass is 325 g/mol. The van der Waals surface area contributed by atoms with Gasteiger partial charge in [-0.25, -0.2) is 0 Å². The van der Waals surface area contributed by atoms with Gasteiger partial charge in [-0.1, -0.05) is 41.9 Å². The van der Waals surface area contributed by atoms with Gasteiger partial charge in [-0.15, -0.1) is 0 Å². The second-order valence-corrected chi connectivity index (χ2v) is 6.57. The van der Waals surface area contributed by atoms with E-state index in [4.69, 9.17) is 0 Å². The van der Waals surface area contributed by atoms with Crippen LogP contribution in [0.15, 0.2) is 28.7 Å². The van der Waals surface area contributed by atoms with Gasteiger partial charge in [-0.05, 0) is 36.5 Å². The number of aliphatic hydroxyl groups excluding tert-OH is 1. The standard InChI is InChI=1S/C15H20BrNO2/c1-10(2)13(18)9-14(19)17-15(7-8-15)11-3-5-12(16)6-4-11/h3-6,10,13,18H,7-9H2,1-2H3,(H,17,19). The first-order chi connectivity index (χ1) is 8.93. The van der Waals surface area contributed by atoms with Crippen LogP contribution in [0.4, 0.5) is 0 Å². The van der Waals surface area contributed by atoms with Crippen LogP contribution in [0.5, 0.6) is 0 Å². The largest absolute Gasteiger partial charge is 0.392 e. The molecule has 0 aromatic heterocycles. The van der Waals surface area contributed by atoms with Crippen LogP contribution >= 0.6 is 15.9 Å². The summed E-state index contributed by atoms with van der Waals surface area (Å²) in [5.41, 5.74) is 0.942. The van der Waals surface area contributed by atoms with E-state index in [0.29, 0.717) is 0 Å². The number of carbonyl (C=O) groups is 1. The maximum Gasteiger partial charge on any atom is 0.223 e. The number of benzene rings is 1. The topological polar surface area (TPSA) is 49.3 Å². The van der Waals surface area contributed by atoms with Gasteiger partial charge in [-0.2, -0.15) is 0 Å². The van der Waals surface area contributed by atoms with Crippen LogP contribution in [0.3, 0.4) is 0 Å². The molecule has 2 rings (SSSR count). The number of aliphatic hydroxyl groups is 1. The van der Waals surface area contributed by atoms with E-state index in [9.17, 15) is 9.90 Å². The molecule has 1 atom stereocenters.